The number of halogens is 1. The Morgan fingerprint density at radius 3 is 2.71 bits per heavy atom. The molecule has 1 aliphatic heterocycles. The number of likely N-dealkylation sites (tertiary alicyclic amines) is 1. The van der Waals surface area contributed by atoms with Crippen molar-refractivity contribution in [2.45, 2.75) is 25.7 Å². The summed E-state index contributed by atoms with van der Waals surface area (Å²) in [5.41, 5.74) is 1.60. The topological polar surface area (TPSA) is 66.1 Å². The molecule has 0 saturated carbocycles. The lowest BCUT2D eigenvalue weighted by Gasteiger charge is -2.32. The first kappa shape index (κ1) is 16.7. The highest BCUT2D eigenvalue weighted by Crippen LogP contribution is 2.23. The summed E-state index contributed by atoms with van der Waals surface area (Å²) >= 11 is 6.03. The van der Waals surface area contributed by atoms with Crippen LogP contribution < -0.4 is 5.56 Å². The van der Waals surface area contributed by atoms with Crippen LogP contribution in [0.5, 0.6) is 0 Å². The zero-order valence-corrected chi connectivity index (χ0v) is 14.1. The minimum Gasteiger partial charge on any atom is -0.342 e. The number of piperidine rings is 1. The van der Waals surface area contributed by atoms with Crippen LogP contribution in [-0.4, -0.2) is 34.1 Å². The largest absolute Gasteiger partial charge is 0.342 e. The van der Waals surface area contributed by atoms with Crippen molar-refractivity contribution in [2.24, 2.45) is 5.92 Å². The number of benzene rings is 1. The van der Waals surface area contributed by atoms with E-state index in [1.807, 2.05) is 23.1 Å². The van der Waals surface area contributed by atoms with Crippen LogP contribution in [0.15, 0.2) is 41.2 Å². The van der Waals surface area contributed by atoms with Crippen molar-refractivity contribution in [3.05, 3.63) is 63.0 Å². The van der Waals surface area contributed by atoms with Gasteiger partial charge in [-0.2, -0.15) is 5.10 Å². The van der Waals surface area contributed by atoms with E-state index in [-0.39, 0.29) is 17.9 Å². The third-order valence-electron chi connectivity index (χ3n) is 4.45. The fourth-order valence-electron chi connectivity index (χ4n) is 3.12. The molecule has 1 aromatic carbocycles. The molecule has 0 bridgehead atoms. The standard InChI is InChI=1S/C18H20ClN3O2/c19-15-3-1-2-14(11-15)10-13-6-8-22(9-7-13)18(24)12-16-4-5-17(23)21-20-16/h1-5,11,13H,6-10,12H2,(H,21,23). The summed E-state index contributed by atoms with van der Waals surface area (Å²) in [6.45, 7) is 1.54. The van der Waals surface area contributed by atoms with Crippen LogP contribution in [0.25, 0.3) is 0 Å². The average Bonchev–Trinajstić information content (AvgIpc) is 2.57. The van der Waals surface area contributed by atoms with E-state index in [0.29, 0.717) is 11.6 Å². The number of hydrogen-bond donors (Lipinski definition) is 1. The summed E-state index contributed by atoms with van der Waals surface area (Å²) in [7, 11) is 0. The first-order valence-electron chi connectivity index (χ1n) is 8.17. The van der Waals surface area contributed by atoms with Crippen LogP contribution in [0.2, 0.25) is 5.02 Å². The zero-order valence-electron chi connectivity index (χ0n) is 13.4. The molecule has 1 amide bonds. The Labute approximate surface area is 145 Å². The number of nitrogens with zero attached hydrogens (tertiary/aromatic N) is 2. The Kier molecular flexibility index (Phi) is 5.30. The van der Waals surface area contributed by atoms with Gasteiger partial charge in [0.1, 0.15) is 0 Å². The van der Waals surface area contributed by atoms with Crippen molar-refractivity contribution >= 4 is 17.5 Å². The van der Waals surface area contributed by atoms with E-state index >= 15 is 0 Å². The quantitative estimate of drug-likeness (QED) is 0.925. The molecule has 1 saturated heterocycles. The second-order valence-electron chi connectivity index (χ2n) is 6.25. The molecule has 126 valence electrons. The zero-order chi connectivity index (χ0) is 16.9. The Morgan fingerprint density at radius 2 is 2.04 bits per heavy atom. The van der Waals surface area contributed by atoms with Crippen LogP contribution >= 0.6 is 11.6 Å². The minimum atomic E-state index is -0.256. The molecule has 24 heavy (non-hydrogen) atoms. The number of aromatic amines is 1. The molecule has 0 atom stereocenters. The summed E-state index contributed by atoms with van der Waals surface area (Å²) in [4.78, 5) is 25.2. The fourth-order valence-corrected chi connectivity index (χ4v) is 3.34. The van der Waals surface area contributed by atoms with E-state index < -0.39 is 0 Å². The molecular formula is C18H20ClN3O2. The normalized spacial score (nSPS) is 15.5. The highest BCUT2D eigenvalue weighted by Gasteiger charge is 2.23. The smallest absolute Gasteiger partial charge is 0.264 e. The van der Waals surface area contributed by atoms with Gasteiger partial charge in [-0.15, -0.1) is 0 Å². The number of amides is 1. The Morgan fingerprint density at radius 1 is 1.25 bits per heavy atom. The molecule has 1 aliphatic rings. The molecule has 1 aromatic heterocycles. The Balaban J connectivity index is 1.50. The molecule has 5 nitrogen and oxygen atoms in total. The molecule has 6 heteroatoms. The van der Waals surface area contributed by atoms with Crippen LogP contribution in [0.1, 0.15) is 24.1 Å². The lowest BCUT2D eigenvalue weighted by molar-refractivity contribution is -0.131. The van der Waals surface area contributed by atoms with Crippen LogP contribution in [-0.2, 0) is 17.6 Å². The number of rotatable bonds is 4. The number of carbonyl (C=O) groups excluding carboxylic acids is 1. The third kappa shape index (κ3) is 4.45. The second-order valence-corrected chi connectivity index (χ2v) is 6.68. The second kappa shape index (κ2) is 7.62. The highest BCUT2D eigenvalue weighted by molar-refractivity contribution is 6.30. The molecule has 2 heterocycles. The van der Waals surface area contributed by atoms with Gasteiger partial charge in [-0.1, -0.05) is 23.7 Å². The van der Waals surface area contributed by atoms with Gasteiger partial charge < -0.3 is 4.90 Å². The van der Waals surface area contributed by atoms with E-state index in [1.54, 1.807) is 6.07 Å². The van der Waals surface area contributed by atoms with E-state index in [4.69, 9.17) is 11.6 Å². The first-order valence-corrected chi connectivity index (χ1v) is 8.55. The summed E-state index contributed by atoms with van der Waals surface area (Å²) in [6, 6.07) is 11.0. The molecule has 2 aromatic rings. The van der Waals surface area contributed by atoms with E-state index in [1.165, 1.54) is 11.6 Å². The number of hydrogen-bond acceptors (Lipinski definition) is 3. The molecular weight excluding hydrogens is 326 g/mol. The van der Waals surface area contributed by atoms with E-state index in [2.05, 4.69) is 16.3 Å². The van der Waals surface area contributed by atoms with Gasteiger partial charge in [0.05, 0.1) is 12.1 Å². The molecule has 3 rings (SSSR count). The lowest BCUT2D eigenvalue weighted by atomic mass is 9.90. The maximum atomic E-state index is 12.3. The fraction of sp³-hybridized carbons (Fsp3) is 0.389. The summed E-state index contributed by atoms with van der Waals surface area (Å²) in [5, 5.41) is 7.03. The maximum Gasteiger partial charge on any atom is 0.264 e. The van der Waals surface area contributed by atoms with Crippen LogP contribution in [0, 0.1) is 5.92 Å². The van der Waals surface area contributed by atoms with Gasteiger partial charge in [-0.3, -0.25) is 9.59 Å². The average molecular weight is 346 g/mol. The maximum absolute atomic E-state index is 12.3. The van der Waals surface area contributed by atoms with Gasteiger partial charge in [-0.05, 0) is 48.9 Å². The van der Waals surface area contributed by atoms with Gasteiger partial charge in [0, 0.05) is 24.2 Å². The van der Waals surface area contributed by atoms with Crippen LogP contribution in [0.4, 0.5) is 0 Å². The van der Waals surface area contributed by atoms with Crippen molar-refractivity contribution in [2.75, 3.05) is 13.1 Å². The molecule has 1 N–H and O–H groups in total. The van der Waals surface area contributed by atoms with Crippen LogP contribution in [0.3, 0.4) is 0 Å². The predicted molar refractivity (Wildman–Crippen MR) is 93.0 cm³/mol. The lowest BCUT2D eigenvalue weighted by Crippen LogP contribution is -2.39. The third-order valence-corrected chi connectivity index (χ3v) is 4.68. The highest BCUT2D eigenvalue weighted by atomic mass is 35.5. The molecule has 0 aliphatic carbocycles. The summed E-state index contributed by atoms with van der Waals surface area (Å²) < 4.78 is 0. The Hall–Kier alpha value is -2.14. The number of carbonyl (C=O) groups is 1. The molecule has 1 fully saturated rings. The van der Waals surface area contributed by atoms with Gasteiger partial charge in [-0.25, -0.2) is 5.10 Å². The molecule has 0 unspecified atom stereocenters. The Bertz CT molecular complexity index is 746. The predicted octanol–water partition coefficient (Wildman–Crippen LogP) is 2.45. The van der Waals surface area contributed by atoms with E-state index in [9.17, 15) is 9.59 Å². The minimum absolute atomic E-state index is 0.0655. The SMILES string of the molecule is O=C(Cc1ccc(=O)[nH]n1)N1CCC(Cc2cccc(Cl)c2)CC1. The van der Waals surface area contributed by atoms with Gasteiger partial charge in [0.25, 0.3) is 5.56 Å². The van der Waals surface area contributed by atoms with Gasteiger partial charge in [0.15, 0.2) is 0 Å². The van der Waals surface area contributed by atoms with Crippen molar-refractivity contribution in [3.8, 4) is 0 Å². The summed E-state index contributed by atoms with van der Waals surface area (Å²) in [5.74, 6) is 0.648. The van der Waals surface area contributed by atoms with Gasteiger partial charge >= 0.3 is 0 Å². The van der Waals surface area contributed by atoms with Crippen molar-refractivity contribution in [3.63, 3.8) is 0 Å². The first-order chi connectivity index (χ1) is 11.6. The monoisotopic (exact) mass is 345 g/mol. The number of aromatic nitrogens is 2. The number of nitrogens with one attached hydrogen (secondary N) is 1. The van der Waals surface area contributed by atoms with Crippen molar-refractivity contribution in [1.82, 2.24) is 15.1 Å². The summed E-state index contributed by atoms with van der Waals surface area (Å²) in [6.07, 6.45) is 3.23. The molecule has 0 radical (unpaired) electrons. The van der Waals surface area contributed by atoms with Crippen molar-refractivity contribution < 1.29 is 4.79 Å². The van der Waals surface area contributed by atoms with Crippen molar-refractivity contribution in [1.29, 1.82) is 0 Å². The van der Waals surface area contributed by atoms with Gasteiger partial charge in [0.2, 0.25) is 5.91 Å². The number of H-pyrrole nitrogens is 1. The van der Waals surface area contributed by atoms with E-state index in [0.717, 1.165) is 37.4 Å². The molecule has 0 spiro atoms.